The van der Waals surface area contributed by atoms with Crippen molar-refractivity contribution in [3.63, 3.8) is 0 Å². The summed E-state index contributed by atoms with van der Waals surface area (Å²) in [5, 5.41) is 9.86. The van der Waals surface area contributed by atoms with Crippen molar-refractivity contribution in [3.05, 3.63) is 23.8 Å². The fourth-order valence-corrected chi connectivity index (χ4v) is 2.43. The van der Waals surface area contributed by atoms with Crippen molar-refractivity contribution in [3.8, 4) is 11.5 Å². The van der Waals surface area contributed by atoms with Crippen molar-refractivity contribution < 1.29 is 19.4 Å². The molecule has 0 saturated carbocycles. The standard InChI is InChI=1S/C14H18N2O4/c1-20-11-4-2-3-10(17)12(11)14(19)16-7-5-9(6-8-16)13(15)18/h2-4,9,17H,5-8H2,1H3,(H2,15,18). The van der Waals surface area contributed by atoms with Crippen LogP contribution >= 0.6 is 0 Å². The molecule has 20 heavy (non-hydrogen) atoms. The SMILES string of the molecule is COc1cccc(O)c1C(=O)N1CCC(C(N)=O)CC1. The van der Waals surface area contributed by atoms with Crippen molar-refractivity contribution in [1.82, 2.24) is 4.90 Å². The number of hydrogen-bond acceptors (Lipinski definition) is 4. The maximum Gasteiger partial charge on any atom is 0.261 e. The molecule has 0 aliphatic carbocycles. The topological polar surface area (TPSA) is 92.9 Å². The number of ether oxygens (including phenoxy) is 1. The average Bonchev–Trinajstić information content (AvgIpc) is 2.46. The summed E-state index contributed by atoms with van der Waals surface area (Å²) in [5.74, 6) is -0.552. The molecule has 1 aliphatic rings. The fourth-order valence-electron chi connectivity index (χ4n) is 2.43. The lowest BCUT2D eigenvalue weighted by Crippen LogP contribution is -2.41. The van der Waals surface area contributed by atoms with E-state index in [4.69, 9.17) is 10.5 Å². The van der Waals surface area contributed by atoms with Gasteiger partial charge in [-0.3, -0.25) is 9.59 Å². The van der Waals surface area contributed by atoms with Gasteiger partial charge >= 0.3 is 0 Å². The number of piperidine rings is 1. The molecule has 1 aromatic carbocycles. The number of carbonyl (C=O) groups is 2. The largest absolute Gasteiger partial charge is 0.507 e. The van der Waals surface area contributed by atoms with E-state index in [1.54, 1.807) is 17.0 Å². The number of methoxy groups -OCH3 is 1. The Kier molecular flexibility index (Phi) is 4.12. The molecule has 0 aromatic heterocycles. The van der Waals surface area contributed by atoms with Crippen LogP contribution in [0.15, 0.2) is 18.2 Å². The average molecular weight is 278 g/mol. The molecular formula is C14H18N2O4. The van der Waals surface area contributed by atoms with Crippen LogP contribution in [0.25, 0.3) is 0 Å². The van der Waals surface area contributed by atoms with Gasteiger partial charge < -0.3 is 20.5 Å². The van der Waals surface area contributed by atoms with Gasteiger partial charge in [-0.2, -0.15) is 0 Å². The van der Waals surface area contributed by atoms with Gasteiger partial charge in [-0.25, -0.2) is 0 Å². The summed E-state index contributed by atoms with van der Waals surface area (Å²) in [7, 11) is 1.45. The molecule has 2 rings (SSSR count). The number of phenolic OH excluding ortho intramolecular Hbond substituents is 1. The Labute approximate surface area is 117 Å². The quantitative estimate of drug-likeness (QED) is 0.852. The molecule has 1 fully saturated rings. The Morgan fingerprint density at radius 3 is 2.55 bits per heavy atom. The number of phenols is 1. The van der Waals surface area contributed by atoms with Crippen molar-refractivity contribution in [1.29, 1.82) is 0 Å². The minimum atomic E-state index is -0.322. The number of nitrogens with zero attached hydrogens (tertiary/aromatic N) is 1. The number of primary amides is 1. The van der Waals surface area contributed by atoms with Crippen LogP contribution in [0.1, 0.15) is 23.2 Å². The van der Waals surface area contributed by atoms with E-state index < -0.39 is 0 Å². The minimum absolute atomic E-state index is 0.105. The van der Waals surface area contributed by atoms with Crippen LogP contribution in [0.5, 0.6) is 11.5 Å². The first-order valence-corrected chi connectivity index (χ1v) is 6.49. The number of aromatic hydroxyl groups is 1. The van der Waals surface area contributed by atoms with Gasteiger partial charge in [0.2, 0.25) is 5.91 Å². The third-order valence-electron chi connectivity index (χ3n) is 3.62. The highest BCUT2D eigenvalue weighted by molar-refractivity contribution is 5.99. The zero-order valence-corrected chi connectivity index (χ0v) is 11.3. The second-order valence-electron chi connectivity index (χ2n) is 4.82. The highest BCUT2D eigenvalue weighted by Crippen LogP contribution is 2.30. The van der Waals surface area contributed by atoms with Crippen LogP contribution in [0.3, 0.4) is 0 Å². The number of nitrogens with two attached hydrogens (primary N) is 1. The van der Waals surface area contributed by atoms with E-state index in [2.05, 4.69) is 0 Å². The van der Waals surface area contributed by atoms with E-state index in [0.717, 1.165) is 0 Å². The molecule has 2 amide bonds. The van der Waals surface area contributed by atoms with Crippen LogP contribution in [-0.4, -0.2) is 42.0 Å². The van der Waals surface area contributed by atoms with Crippen molar-refractivity contribution >= 4 is 11.8 Å². The second-order valence-corrected chi connectivity index (χ2v) is 4.82. The molecule has 0 unspecified atom stereocenters. The molecule has 3 N–H and O–H groups in total. The maximum absolute atomic E-state index is 12.4. The van der Waals surface area contributed by atoms with Gasteiger partial charge in [0.1, 0.15) is 17.1 Å². The molecule has 1 aliphatic heterocycles. The summed E-state index contributed by atoms with van der Waals surface area (Å²) in [6.45, 7) is 0.897. The van der Waals surface area contributed by atoms with Crippen molar-refractivity contribution in [2.75, 3.05) is 20.2 Å². The van der Waals surface area contributed by atoms with E-state index in [-0.39, 0.29) is 29.0 Å². The third-order valence-corrected chi connectivity index (χ3v) is 3.62. The summed E-state index contributed by atoms with van der Waals surface area (Å²) in [6, 6.07) is 4.69. The fraction of sp³-hybridized carbons (Fsp3) is 0.429. The number of likely N-dealkylation sites (tertiary alicyclic amines) is 1. The molecule has 6 heteroatoms. The van der Waals surface area contributed by atoms with Gasteiger partial charge in [-0.05, 0) is 25.0 Å². The first-order chi connectivity index (χ1) is 9.54. The van der Waals surface area contributed by atoms with Crippen LogP contribution < -0.4 is 10.5 Å². The second kappa shape index (κ2) is 5.81. The zero-order chi connectivity index (χ0) is 14.7. The molecule has 108 valence electrons. The molecule has 1 aromatic rings. The summed E-state index contributed by atoms with van der Waals surface area (Å²) in [5.41, 5.74) is 5.43. The smallest absolute Gasteiger partial charge is 0.261 e. The summed E-state index contributed by atoms with van der Waals surface area (Å²) in [4.78, 5) is 25.2. The van der Waals surface area contributed by atoms with Crippen molar-refractivity contribution in [2.45, 2.75) is 12.8 Å². The Morgan fingerprint density at radius 2 is 2.00 bits per heavy atom. The first kappa shape index (κ1) is 14.2. The first-order valence-electron chi connectivity index (χ1n) is 6.49. The summed E-state index contributed by atoms with van der Waals surface area (Å²) >= 11 is 0. The van der Waals surface area contributed by atoms with Crippen LogP contribution in [0.4, 0.5) is 0 Å². The lowest BCUT2D eigenvalue weighted by Gasteiger charge is -2.31. The Hall–Kier alpha value is -2.24. The van der Waals surface area contributed by atoms with Crippen LogP contribution in [-0.2, 0) is 4.79 Å². The Bertz CT molecular complexity index is 522. The van der Waals surface area contributed by atoms with Gasteiger partial charge in [0, 0.05) is 19.0 Å². The predicted molar refractivity (Wildman–Crippen MR) is 72.5 cm³/mol. The highest BCUT2D eigenvalue weighted by Gasteiger charge is 2.29. The van der Waals surface area contributed by atoms with Crippen LogP contribution in [0, 0.1) is 5.92 Å². The minimum Gasteiger partial charge on any atom is -0.507 e. The molecule has 1 heterocycles. The number of rotatable bonds is 3. The number of hydrogen-bond donors (Lipinski definition) is 2. The van der Waals surface area contributed by atoms with Gasteiger partial charge in [0.15, 0.2) is 0 Å². The zero-order valence-electron chi connectivity index (χ0n) is 11.3. The highest BCUT2D eigenvalue weighted by atomic mass is 16.5. The third kappa shape index (κ3) is 2.68. The lowest BCUT2D eigenvalue weighted by atomic mass is 9.95. The molecule has 0 bridgehead atoms. The van der Waals surface area contributed by atoms with Gasteiger partial charge in [0.05, 0.1) is 7.11 Å². The van der Waals surface area contributed by atoms with Gasteiger partial charge in [-0.1, -0.05) is 6.07 Å². The summed E-state index contributed by atoms with van der Waals surface area (Å²) < 4.78 is 5.12. The van der Waals surface area contributed by atoms with Crippen molar-refractivity contribution in [2.24, 2.45) is 11.7 Å². The molecule has 6 nitrogen and oxygen atoms in total. The van der Waals surface area contributed by atoms with E-state index in [9.17, 15) is 14.7 Å². The maximum atomic E-state index is 12.4. The monoisotopic (exact) mass is 278 g/mol. The van der Waals surface area contributed by atoms with E-state index in [0.29, 0.717) is 31.7 Å². The molecule has 0 atom stereocenters. The molecule has 0 spiro atoms. The Morgan fingerprint density at radius 1 is 1.35 bits per heavy atom. The lowest BCUT2D eigenvalue weighted by molar-refractivity contribution is -0.123. The van der Waals surface area contributed by atoms with Gasteiger partial charge in [-0.15, -0.1) is 0 Å². The summed E-state index contributed by atoms with van der Waals surface area (Å²) in [6.07, 6.45) is 1.11. The number of carbonyl (C=O) groups excluding carboxylic acids is 2. The number of benzene rings is 1. The predicted octanol–water partition coefficient (Wildman–Crippen LogP) is 0.738. The molecule has 1 saturated heterocycles. The Balaban J connectivity index is 2.15. The van der Waals surface area contributed by atoms with Crippen LogP contribution in [0.2, 0.25) is 0 Å². The van der Waals surface area contributed by atoms with E-state index in [1.807, 2.05) is 0 Å². The molecular weight excluding hydrogens is 260 g/mol. The number of amides is 2. The van der Waals surface area contributed by atoms with E-state index in [1.165, 1.54) is 13.2 Å². The normalized spacial score (nSPS) is 15.9. The van der Waals surface area contributed by atoms with E-state index >= 15 is 0 Å². The molecule has 0 radical (unpaired) electrons. The van der Waals surface area contributed by atoms with Gasteiger partial charge in [0.25, 0.3) is 5.91 Å².